The molecule has 1 heterocycles. The minimum atomic E-state index is 0.547. The first-order valence-corrected chi connectivity index (χ1v) is 7.87. The first kappa shape index (κ1) is 14.3. The van der Waals surface area contributed by atoms with Gasteiger partial charge in [0, 0.05) is 13.0 Å². The molecule has 0 unspecified atom stereocenters. The number of hydrogen-bond donors (Lipinski definition) is 1. The first-order valence-electron chi connectivity index (χ1n) is 7.87. The van der Waals surface area contributed by atoms with E-state index in [1.807, 2.05) is 6.92 Å². The molecular weight excluding hydrogens is 262 g/mol. The smallest absolute Gasteiger partial charge is 0.230 e. The highest BCUT2D eigenvalue weighted by atomic mass is 16.4. The first-order chi connectivity index (χ1) is 10.3. The third kappa shape index (κ3) is 3.91. The van der Waals surface area contributed by atoms with Gasteiger partial charge in [-0.2, -0.15) is 0 Å². The Labute approximate surface area is 126 Å². The number of nitrogens with zero attached hydrogens (tertiary/aromatic N) is 2. The van der Waals surface area contributed by atoms with Gasteiger partial charge in [0.15, 0.2) is 0 Å². The van der Waals surface area contributed by atoms with E-state index >= 15 is 0 Å². The Hall–Kier alpha value is -1.68. The maximum atomic E-state index is 5.44. The van der Waals surface area contributed by atoms with Crippen LogP contribution in [0.2, 0.25) is 0 Å². The number of nitrogens with one attached hydrogen (secondary N) is 1. The van der Waals surface area contributed by atoms with E-state index in [9.17, 15) is 0 Å². The van der Waals surface area contributed by atoms with Crippen molar-refractivity contribution in [3.8, 4) is 0 Å². The molecule has 1 aliphatic rings. The van der Waals surface area contributed by atoms with Crippen molar-refractivity contribution in [3.63, 3.8) is 0 Å². The standard InChI is InChI=1S/C17H23N3O/c1-13-19-20-17(21-13)12-18-16-10-6-5-9-15(16)11-14-7-3-2-4-8-14/h2-4,7-8,15-16,18H,5-6,9-12H2,1H3/t15-,16+/m0/s1. The lowest BCUT2D eigenvalue weighted by Gasteiger charge is -2.32. The van der Waals surface area contributed by atoms with Crippen LogP contribution in [0.15, 0.2) is 34.7 Å². The molecule has 0 spiro atoms. The molecular formula is C17H23N3O. The summed E-state index contributed by atoms with van der Waals surface area (Å²) in [6, 6.07) is 11.3. The van der Waals surface area contributed by atoms with Gasteiger partial charge in [0.1, 0.15) is 0 Å². The molecule has 112 valence electrons. The Morgan fingerprint density at radius 1 is 1.14 bits per heavy atom. The van der Waals surface area contributed by atoms with E-state index in [4.69, 9.17) is 4.42 Å². The molecule has 1 fully saturated rings. The zero-order chi connectivity index (χ0) is 14.5. The highest BCUT2D eigenvalue weighted by Gasteiger charge is 2.25. The highest BCUT2D eigenvalue weighted by Crippen LogP contribution is 2.27. The molecule has 0 bridgehead atoms. The predicted molar refractivity (Wildman–Crippen MR) is 81.8 cm³/mol. The number of aryl methyl sites for hydroxylation is 1. The largest absolute Gasteiger partial charge is 0.424 e. The number of hydrogen-bond acceptors (Lipinski definition) is 4. The number of aromatic nitrogens is 2. The lowest BCUT2D eigenvalue weighted by Crippen LogP contribution is -2.39. The van der Waals surface area contributed by atoms with Crippen molar-refractivity contribution in [2.75, 3.05) is 0 Å². The Kier molecular flexibility index (Phi) is 4.65. The van der Waals surface area contributed by atoms with Gasteiger partial charge in [0.2, 0.25) is 11.8 Å². The molecule has 1 aliphatic carbocycles. The monoisotopic (exact) mass is 285 g/mol. The van der Waals surface area contributed by atoms with Gasteiger partial charge in [-0.25, -0.2) is 0 Å². The lowest BCUT2D eigenvalue weighted by atomic mass is 9.80. The van der Waals surface area contributed by atoms with E-state index in [-0.39, 0.29) is 0 Å². The molecule has 0 saturated heterocycles. The van der Waals surface area contributed by atoms with Gasteiger partial charge in [0.05, 0.1) is 6.54 Å². The summed E-state index contributed by atoms with van der Waals surface area (Å²) in [6.07, 6.45) is 6.35. The topological polar surface area (TPSA) is 51.0 Å². The molecule has 4 heteroatoms. The summed E-state index contributed by atoms with van der Waals surface area (Å²) >= 11 is 0. The van der Waals surface area contributed by atoms with Crippen LogP contribution in [0.1, 0.15) is 43.0 Å². The normalized spacial score (nSPS) is 22.3. The van der Waals surface area contributed by atoms with E-state index in [1.165, 1.54) is 31.2 Å². The fraction of sp³-hybridized carbons (Fsp3) is 0.529. The summed E-state index contributed by atoms with van der Waals surface area (Å²) in [6.45, 7) is 2.51. The van der Waals surface area contributed by atoms with Gasteiger partial charge in [-0.3, -0.25) is 0 Å². The van der Waals surface area contributed by atoms with Gasteiger partial charge >= 0.3 is 0 Å². The maximum absolute atomic E-state index is 5.44. The summed E-state index contributed by atoms with van der Waals surface area (Å²) < 4.78 is 5.44. The lowest BCUT2D eigenvalue weighted by molar-refractivity contribution is 0.252. The van der Waals surface area contributed by atoms with Crippen molar-refractivity contribution >= 4 is 0 Å². The van der Waals surface area contributed by atoms with E-state index < -0.39 is 0 Å². The highest BCUT2D eigenvalue weighted by molar-refractivity contribution is 5.15. The predicted octanol–water partition coefficient (Wildman–Crippen LogP) is 3.27. The number of rotatable bonds is 5. The van der Waals surface area contributed by atoms with Gasteiger partial charge in [-0.1, -0.05) is 43.2 Å². The van der Waals surface area contributed by atoms with Crippen LogP contribution < -0.4 is 5.32 Å². The molecule has 1 aromatic carbocycles. The van der Waals surface area contributed by atoms with Gasteiger partial charge in [-0.05, 0) is 30.7 Å². The molecule has 21 heavy (non-hydrogen) atoms. The second-order valence-electron chi connectivity index (χ2n) is 5.94. The second-order valence-corrected chi connectivity index (χ2v) is 5.94. The fourth-order valence-corrected chi connectivity index (χ4v) is 3.26. The summed E-state index contributed by atoms with van der Waals surface area (Å²) in [5.41, 5.74) is 1.44. The fourth-order valence-electron chi connectivity index (χ4n) is 3.26. The van der Waals surface area contributed by atoms with E-state index in [2.05, 4.69) is 45.8 Å². The van der Waals surface area contributed by atoms with Crippen LogP contribution in [0.4, 0.5) is 0 Å². The van der Waals surface area contributed by atoms with Crippen molar-refractivity contribution in [2.45, 2.75) is 51.6 Å². The third-order valence-electron chi connectivity index (χ3n) is 4.33. The zero-order valence-electron chi connectivity index (χ0n) is 12.6. The quantitative estimate of drug-likeness (QED) is 0.916. The third-order valence-corrected chi connectivity index (χ3v) is 4.33. The van der Waals surface area contributed by atoms with Crippen molar-refractivity contribution in [3.05, 3.63) is 47.7 Å². The average molecular weight is 285 g/mol. The summed E-state index contributed by atoms with van der Waals surface area (Å²) in [5, 5.41) is 11.6. The van der Waals surface area contributed by atoms with Gasteiger partial charge in [-0.15, -0.1) is 10.2 Å². The van der Waals surface area contributed by atoms with Crippen LogP contribution in [-0.2, 0) is 13.0 Å². The van der Waals surface area contributed by atoms with Crippen LogP contribution in [0.5, 0.6) is 0 Å². The van der Waals surface area contributed by atoms with Gasteiger partial charge < -0.3 is 9.73 Å². The average Bonchev–Trinajstić information content (AvgIpc) is 2.93. The molecule has 1 aromatic heterocycles. The van der Waals surface area contributed by atoms with E-state index in [0.29, 0.717) is 30.3 Å². The second kappa shape index (κ2) is 6.85. The van der Waals surface area contributed by atoms with Crippen LogP contribution in [0.25, 0.3) is 0 Å². The molecule has 0 amide bonds. The van der Waals surface area contributed by atoms with Gasteiger partial charge in [0.25, 0.3) is 0 Å². The minimum Gasteiger partial charge on any atom is -0.424 e. The van der Waals surface area contributed by atoms with Crippen molar-refractivity contribution in [1.82, 2.24) is 15.5 Å². The van der Waals surface area contributed by atoms with Crippen molar-refractivity contribution < 1.29 is 4.42 Å². The molecule has 2 atom stereocenters. The maximum Gasteiger partial charge on any atom is 0.230 e. The van der Waals surface area contributed by atoms with Crippen LogP contribution >= 0.6 is 0 Å². The molecule has 1 N–H and O–H groups in total. The minimum absolute atomic E-state index is 0.547. The van der Waals surface area contributed by atoms with Crippen LogP contribution in [0.3, 0.4) is 0 Å². The zero-order valence-corrected chi connectivity index (χ0v) is 12.6. The summed E-state index contributed by atoms with van der Waals surface area (Å²) in [7, 11) is 0. The van der Waals surface area contributed by atoms with Crippen LogP contribution in [0, 0.1) is 12.8 Å². The Morgan fingerprint density at radius 2 is 1.95 bits per heavy atom. The van der Waals surface area contributed by atoms with E-state index in [0.717, 1.165) is 6.42 Å². The Bertz CT molecular complexity index is 552. The molecule has 3 rings (SSSR count). The van der Waals surface area contributed by atoms with E-state index in [1.54, 1.807) is 0 Å². The van der Waals surface area contributed by atoms with Crippen molar-refractivity contribution in [1.29, 1.82) is 0 Å². The summed E-state index contributed by atoms with van der Waals surface area (Å²) in [5.74, 6) is 2.03. The molecule has 2 aromatic rings. The number of benzene rings is 1. The molecule has 0 aliphatic heterocycles. The van der Waals surface area contributed by atoms with Crippen LogP contribution in [-0.4, -0.2) is 16.2 Å². The summed E-state index contributed by atoms with van der Waals surface area (Å²) in [4.78, 5) is 0. The molecule has 1 saturated carbocycles. The van der Waals surface area contributed by atoms with Crippen molar-refractivity contribution in [2.24, 2.45) is 5.92 Å². The Morgan fingerprint density at radius 3 is 2.71 bits per heavy atom. The molecule has 0 radical (unpaired) electrons. The molecule has 4 nitrogen and oxygen atoms in total. The Balaban J connectivity index is 1.58. The SMILES string of the molecule is Cc1nnc(CN[C@@H]2CCCC[C@H]2Cc2ccccc2)o1.